The highest BCUT2D eigenvalue weighted by Gasteiger charge is 2.25. The summed E-state index contributed by atoms with van der Waals surface area (Å²) in [6.07, 6.45) is 2.67. The molecule has 1 aliphatic rings. The molecular formula is C10H14N6O. The van der Waals surface area contributed by atoms with Crippen LogP contribution in [-0.4, -0.2) is 38.0 Å². The van der Waals surface area contributed by atoms with Crippen LogP contribution >= 0.6 is 0 Å². The summed E-state index contributed by atoms with van der Waals surface area (Å²) in [6.45, 7) is 1.42. The Hall–Kier alpha value is -1.89. The van der Waals surface area contributed by atoms with Gasteiger partial charge in [0, 0.05) is 19.9 Å². The monoisotopic (exact) mass is 234 g/mol. The molecule has 90 valence electrons. The molecule has 1 unspecified atom stereocenters. The topological polar surface area (TPSA) is 83.8 Å². The van der Waals surface area contributed by atoms with Gasteiger partial charge in [0.2, 0.25) is 0 Å². The first-order valence-electron chi connectivity index (χ1n) is 5.54. The fourth-order valence-electron chi connectivity index (χ4n) is 2.13. The van der Waals surface area contributed by atoms with Crippen molar-refractivity contribution in [2.24, 2.45) is 7.05 Å². The molecular weight excluding hydrogens is 220 g/mol. The normalized spacial score (nSPS) is 19.9. The lowest BCUT2D eigenvalue weighted by molar-refractivity contribution is 0.184. The number of hydrogen-bond donors (Lipinski definition) is 1. The third kappa shape index (κ3) is 1.59. The lowest BCUT2D eigenvalue weighted by Gasteiger charge is -2.11. The van der Waals surface area contributed by atoms with Crippen LogP contribution in [0.3, 0.4) is 0 Å². The van der Waals surface area contributed by atoms with Crippen molar-refractivity contribution in [2.45, 2.75) is 12.5 Å². The minimum atomic E-state index is 0.213. The molecule has 3 heterocycles. The highest BCUT2D eigenvalue weighted by Crippen LogP contribution is 2.29. The van der Waals surface area contributed by atoms with Crippen LogP contribution in [0.15, 0.2) is 12.3 Å². The number of anilines is 1. The van der Waals surface area contributed by atoms with Crippen LogP contribution in [-0.2, 0) is 11.8 Å². The van der Waals surface area contributed by atoms with Crippen LogP contribution in [0.25, 0.3) is 11.4 Å². The van der Waals surface area contributed by atoms with Gasteiger partial charge in [0.1, 0.15) is 5.69 Å². The molecule has 7 nitrogen and oxygen atoms in total. The first-order valence-corrected chi connectivity index (χ1v) is 5.54. The Labute approximate surface area is 98.2 Å². The van der Waals surface area contributed by atoms with E-state index in [4.69, 9.17) is 10.5 Å². The Morgan fingerprint density at radius 2 is 2.41 bits per heavy atom. The van der Waals surface area contributed by atoms with Gasteiger partial charge in [-0.25, -0.2) is 4.68 Å². The van der Waals surface area contributed by atoms with E-state index in [0.717, 1.165) is 24.4 Å². The number of hydrogen-bond acceptors (Lipinski definition) is 5. The van der Waals surface area contributed by atoms with E-state index in [1.165, 1.54) is 0 Å². The number of aryl methyl sites for hydroxylation is 1. The van der Waals surface area contributed by atoms with Gasteiger partial charge in [-0.1, -0.05) is 5.21 Å². The van der Waals surface area contributed by atoms with E-state index in [-0.39, 0.29) is 6.04 Å². The molecule has 1 atom stereocenters. The summed E-state index contributed by atoms with van der Waals surface area (Å²) in [5.74, 6) is 0.431. The van der Waals surface area contributed by atoms with E-state index >= 15 is 0 Å². The van der Waals surface area contributed by atoms with Crippen molar-refractivity contribution in [1.29, 1.82) is 0 Å². The van der Waals surface area contributed by atoms with Gasteiger partial charge < -0.3 is 10.5 Å². The summed E-state index contributed by atoms with van der Waals surface area (Å²) in [4.78, 5) is 0. The molecule has 0 spiro atoms. The Morgan fingerprint density at radius 3 is 3.06 bits per heavy atom. The lowest BCUT2D eigenvalue weighted by Crippen LogP contribution is -2.13. The Bertz CT molecular complexity index is 525. The average Bonchev–Trinajstić information content (AvgIpc) is 2.98. The van der Waals surface area contributed by atoms with Gasteiger partial charge in [-0.05, 0) is 12.5 Å². The first-order chi connectivity index (χ1) is 8.27. The van der Waals surface area contributed by atoms with E-state index in [1.807, 2.05) is 17.8 Å². The zero-order valence-corrected chi connectivity index (χ0v) is 9.58. The molecule has 0 aliphatic carbocycles. The number of ether oxygens (including phenoxy) is 1. The summed E-state index contributed by atoms with van der Waals surface area (Å²) >= 11 is 0. The molecule has 17 heavy (non-hydrogen) atoms. The highest BCUT2D eigenvalue weighted by molar-refractivity contribution is 5.66. The second kappa shape index (κ2) is 3.85. The molecule has 0 amide bonds. The standard InChI is InChI=1S/C10H14N6O/c1-15-8(2-4-12-15)9-10(11)13-14-16(9)7-3-5-17-6-7/h2,4,7H,3,5-6,11H2,1H3. The predicted octanol–water partition coefficient (Wildman–Crippen LogP) is 0.222. The lowest BCUT2D eigenvalue weighted by atomic mass is 10.2. The van der Waals surface area contributed by atoms with E-state index in [9.17, 15) is 0 Å². The number of rotatable bonds is 2. The predicted molar refractivity (Wildman–Crippen MR) is 61.1 cm³/mol. The van der Waals surface area contributed by atoms with Crippen LogP contribution in [0.4, 0.5) is 5.82 Å². The Morgan fingerprint density at radius 1 is 1.53 bits per heavy atom. The van der Waals surface area contributed by atoms with Gasteiger partial charge in [-0.2, -0.15) is 5.10 Å². The Balaban J connectivity index is 2.09. The second-order valence-electron chi connectivity index (χ2n) is 4.13. The van der Waals surface area contributed by atoms with Crippen LogP contribution in [0.5, 0.6) is 0 Å². The van der Waals surface area contributed by atoms with Crippen LogP contribution in [0.1, 0.15) is 12.5 Å². The van der Waals surface area contributed by atoms with Gasteiger partial charge in [0.25, 0.3) is 0 Å². The maximum Gasteiger partial charge on any atom is 0.175 e. The van der Waals surface area contributed by atoms with Gasteiger partial charge in [0.15, 0.2) is 5.82 Å². The third-order valence-electron chi connectivity index (χ3n) is 3.04. The van der Waals surface area contributed by atoms with E-state index in [0.29, 0.717) is 12.4 Å². The maximum absolute atomic E-state index is 5.89. The van der Waals surface area contributed by atoms with Crippen molar-refractivity contribution in [2.75, 3.05) is 18.9 Å². The molecule has 2 aromatic heterocycles. The van der Waals surface area contributed by atoms with Gasteiger partial charge in [0.05, 0.1) is 18.3 Å². The molecule has 0 aromatic carbocycles. The van der Waals surface area contributed by atoms with Crippen molar-refractivity contribution in [3.63, 3.8) is 0 Å². The fraction of sp³-hybridized carbons (Fsp3) is 0.500. The van der Waals surface area contributed by atoms with Crippen molar-refractivity contribution >= 4 is 5.82 Å². The summed E-state index contributed by atoms with van der Waals surface area (Å²) in [7, 11) is 1.87. The summed E-state index contributed by atoms with van der Waals surface area (Å²) in [6, 6.07) is 2.12. The van der Waals surface area contributed by atoms with E-state index < -0.39 is 0 Å². The molecule has 7 heteroatoms. The van der Waals surface area contributed by atoms with Crippen molar-refractivity contribution < 1.29 is 4.74 Å². The zero-order valence-electron chi connectivity index (χ0n) is 9.58. The molecule has 2 aromatic rings. The van der Waals surface area contributed by atoms with Crippen LogP contribution in [0.2, 0.25) is 0 Å². The number of nitrogens with zero attached hydrogens (tertiary/aromatic N) is 5. The molecule has 3 rings (SSSR count). The smallest absolute Gasteiger partial charge is 0.175 e. The minimum absolute atomic E-state index is 0.213. The zero-order chi connectivity index (χ0) is 11.8. The number of aromatic nitrogens is 5. The fourth-order valence-corrected chi connectivity index (χ4v) is 2.13. The first kappa shape index (κ1) is 10.3. The third-order valence-corrected chi connectivity index (χ3v) is 3.04. The van der Waals surface area contributed by atoms with Gasteiger partial charge >= 0.3 is 0 Å². The number of nitrogens with two attached hydrogens (primary N) is 1. The average molecular weight is 234 g/mol. The second-order valence-corrected chi connectivity index (χ2v) is 4.13. The molecule has 0 bridgehead atoms. The van der Waals surface area contributed by atoms with Gasteiger partial charge in [-0.15, -0.1) is 5.10 Å². The van der Waals surface area contributed by atoms with E-state index in [1.54, 1.807) is 10.9 Å². The summed E-state index contributed by atoms with van der Waals surface area (Å²) in [5, 5.41) is 12.2. The summed E-state index contributed by atoms with van der Waals surface area (Å²) < 4.78 is 8.98. The largest absolute Gasteiger partial charge is 0.380 e. The molecule has 1 fully saturated rings. The van der Waals surface area contributed by atoms with Crippen LogP contribution in [0, 0.1) is 0 Å². The quantitative estimate of drug-likeness (QED) is 0.803. The van der Waals surface area contributed by atoms with Crippen molar-refractivity contribution in [1.82, 2.24) is 24.8 Å². The maximum atomic E-state index is 5.89. The SMILES string of the molecule is Cn1nccc1-c1c(N)nnn1C1CCOC1. The molecule has 1 aliphatic heterocycles. The highest BCUT2D eigenvalue weighted by atomic mass is 16.5. The van der Waals surface area contributed by atoms with Crippen molar-refractivity contribution in [3.8, 4) is 11.4 Å². The van der Waals surface area contributed by atoms with Crippen molar-refractivity contribution in [3.05, 3.63) is 12.3 Å². The van der Waals surface area contributed by atoms with E-state index in [2.05, 4.69) is 15.4 Å². The Kier molecular flexibility index (Phi) is 2.32. The van der Waals surface area contributed by atoms with Crippen LogP contribution < -0.4 is 5.73 Å². The molecule has 2 N–H and O–H groups in total. The molecule has 0 saturated carbocycles. The molecule has 0 radical (unpaired) electrons. The molecule has 1 saturated heterocycles. The minimum Gasteiger partial charge on any atom is -0.380 e. The van der Waals surface area contributed by atoms with Gasteiger partial charge in [-0.3, -0.25) is 4.68 Å². The number of nitrogen functional groups attached to an aromatic ring is 1. The summed E-state index contributed by atoms with van der Waals surface area (Å²) in [5.41, 5.74) is 7.63.